The monoisotopic (exact) mass is 442 g/mol. The normalized spacial score (nSPS) is 15.8. The molecular weight excluding hydrogens is 420 g/mol. The summed E-state index contributed by atoms with van der Waals surface area (Å²) in [4.78, 5) is 17.0. The van der Waals surface area contributed by atoms with Gasteiger partial charge in [0, 0.05) is 5.56 Å². The Hall–Kier alpha value is -3.40. The summed E-state index contributed by atoms with van der Waals surface area (Å²) < 4.78 is 37.2. The average Bonchev–Trinajstić information content (AvgIpc) is 3.26. The van der Waals surface area contributed by atoms with E-state index in [9.17, 15) is 13.2 Å². The van der Waals surface area contributed by atoms with Gasteiger partial charge in [0.25, 0.3) is 5.91 Å². The average molecular weight is 442 g/mol. The van der Waals surface area contributed by atoms with Gasteiger partial charge in [-0.2, -0.15) is 4.98 Å². The number of carbonyl (C=O) groups excluding carboxylic acids is 1. The molecule has 3 aromatic rings. The molecule has 1 aromatic heterocycles. The number of rotatable bonds is 6. The molecule has 9 nitrogen and oxygen atoms in total. The Bertz CT molecular complexity index is 1190. The van der Waals surface area contributed by atoms with Gasteiger partial charge in [0.1, 0.15) is 5.75 Å². The maximum Gasteiger partial charge on any atom is 0.263 e. The van der Waals surface area contributed by atoms with Crippen LogP contribution < -0.4 is 14.4 Å². The van der Waals surface area contributed by atoms with Crippen molar-refractivity contribution in [2.24, 2.45) is 0 Å². The van der Waals surface area contributed by atoms with Gasteiger partial charge in [0.2, 0.25) is 21.7 Å². The van der Waals surface area contributed by atoms with E-state index in [0.717, 1.165) is 11.1 Å². The maximum atomic E-state index is 12.7. The van der Waals surface area contributed by atoms with Gasteiger partial charge in [-0.05, 0) is 26.0 Å². The number of para-hydroxylation sites is 2. The van der Waals surface area contributed by atoms with Crippen LogP contribution in [0.2, 0.25) is 0 Å². The van der Waals surface area contributed by atoms with Gasteiger partial charge >= 0.3 is 0 Å². The predicted molar refractivity (Wildman–Crippen MR) is 114 cm³/mol. The summed E-state index contributed by atoms with van der Waals surface area (Å²) in [7, 11) is -3.57. The molecule has 1 N–H and O–H groups in total. The van der Waals surface area contributed by atoms with E-state index in [4.69, 9.17) is 9.26 Å². The lowest BCUT2D eigenvalue weighted by Gasteiger charge is -2.34. The summed E-state index contributed by atoms with van der Waals surface area (Å²) in [5.74, 6) is 0.441. The maximum absolute atomic E-state index is 12.7. The van der Waals surface area contributed by atoms with Gasteiger partial charge < -0.3 is 14.6 Å². The lowest BCUT2D eigenvalue weighted by molar-refractivity contribution is -0.128. The predicted octanol–water partition coefficient (Wildman–Crippen LogP) is 2.28. The zero-order valence-corrected chi connectivity index (χ0v) is 17.9. The minimum atomic E-state index is -3.57. The molecule has 1 aliphatic rings. The largest absolute Gasteiger partial charge is 0.476 e. The van der Waals surface area contributed by atoms with Crippen molar-refractivity contribution in [1.82, 2.24) is 15.5 Å². The summed E-state index contributed by atoms with van der Waals surface area (Å²) in [6, 6.07) is 14.4. The number of aromatic nitrogens is 2. The number of nitrogens with zero attached hydrogens (tertiary/aromatic N) is 3. The van der Waals surface area contributed by atoms with Crippen LogP contribution in [0.5, 0.6) is 5.75 Å². The molecule has 2 aromatic carbocycles. The van der Waals surface area contributed by atoms with Crippen LogP contribution >= 0.6 is 0 Å². The Labute approximate surface area is 180 Å². The second kappa shape index (κ2) is 8.38. The highest BCUT2D eigenvalue weighted by molar-refractivity contribution is 7.92. The quantitative estimate of drug-likeness (QED) is 0.623. The molecule has 10 heteroatoms. The second-order valence-corrected chi connectivity index (χ2v) is 9.28. The first kappa shape index (κ1) is 20.9. The summed E-state index contributed by atoms with van der Waals surface area (Å²) in [5.41, 5.74) is 2.35. The summed E-state index contributed by atoms with van der Waals surface area (Å²) in [6.07, 6.45) is -1.00. The van der Waals surface area contributed by atoms with Crippen LogP contribution in [-0.4, -0.2) is 42.9 Å². The third kappa shape index (κ3) is 4.38. The lowest BCUT2D eigenvalue weighted by atomic mass is 10.1. The number of amides is 1. The molecule has 162 valence electrons. The number of ether oxygens (including phenoxy) is 1. The Morgan fingerprint density at radius 3 is 2.68 bits per heavy atom. The van der Waals surface area contributed by atoms with Crippen molar-refractivity contribution in [3.8, 4) is 17.1 Å². The fourth-order valence-electron chi connectivity index (χ4n) is 3.18. The molecule has 0 fully saturated rings. The van der Waals surface area contributed by atoms with E-state index in [-0.39, 0.29) is 24.7 Å². The summed E-state index contributed by atoms with van der Waals surface area (Å²) in [5, 5.41) is 6.62. The summed E-state index contributed by atoms with van der Waals surface area (Å²) in [6.45, 7) is 3.43. The lowest BCUT2D eigenvalue weighted by Crippen LogP contribution is -2.50. The van der Waals surface area contributed by atoms with Crippen molar-refractivity contribution in [3.63, 3.8) is 0 Å². The van der Waals surface area contributed by atoms with E-state index >= 15 is 0 Å². The first-order valence-corrected chi connectivity index (χ1v) is 11.4. The van der Waals surface area contributed by atoms with E-state index in [1.54, 1.807) is 31.2 Å². The molecule has 0 bridgehead atoms. The van der Waals surface area contributed by atoms with Crippen molar-refractivity contribution in [1.29, 1.82) is 0 Å². The first-order valence-electron chi connectivity index (χ1n) is 9.81. The van der Waals surface area contributed by atoms with E-state index in [1.165, 1.54) is 4.31 Å². The highest BCUT2D eigenvalue weighted by Crippen LogP contribution is 2.35. The third-order valence-electron chi connectivity index (χ3n) is 4.92. The molecule has 0 saturated heterocycles. The van der Waals surface area contributed by atoms with E-state index < -0.39 is 22.0 Å². The topological polar surface area (TPSA) is 115 Å². The van der Waals surface area contributed by atoms with Gasteiger partial charge in [-0.1, -0.05) is 47.1 Å². The highest BCUT2D eigenvalue weighted by Gasteiger charge is 2.35. The molecule has 0 aliphatic carbocycles. The fraction of sp³-hybridized carbons (Fsp3) is 0.286. The Balaban J connectivity index is 1.45. The highest BCUT2D eigenvalue weighted by atomic mass is 32.2. The minimum absolute atomic E-state index is 0.000269. The fourth-order valence-corrected chi connectivity index (χ4v) is 4.31. The first-order chi connectivity index (χ1) is 14.9. The van der Waals surface area contributed by atoms with E-state index in [0.29, 0.717) is 17.3 Å². The van der Waals surface area contributed by atoms with Crippen molar-refractivity contribution in [3.05, 3.63) is 60.0 Å². The molecule has 0 saturated carbocycles. The molecule has 1 unspecified atom stereocenters. The number of fused-ring (bicyclic) bond motifs is 1. The van der Waals surface area contributed by atoms with Crippen LogP contribution in [0.4, 0.5) is 5.69 Å². The zero-order chi connectivity index (χ0) is 22.0. The molecule has 1 amide bonds. The number of anilines is 1. The molecule has 31 heavy (non-hydrogen) atoms. The van der Waals surface area contributed by atoms with Crippen molar-refractivity contribution in [2.75, 3.05) is 16.6 Å². The molecule has 1 atom stereocenters. The smallest absolute Gasteiger partial charge is 0.263 e. The van der Waals surface area contributed by atoms with Gasteiger partial charge in [-0.3, -0.25) is 9.10 Å². The van der Waals surface area contributed by atoms with E-state index in [1.807, 2.05) is 31.2 Å². The van der Waals surface area contributed by atoms with E-state index in [2.05, 4.69) is 15.5 Å². The van der Waals surface area contributed by atoms with Gasteiger partial charge in [0.05, 0.1) is 24.5 Å². The second-order valence-electron chi connectivity index (χ2n) is 7.10. The van der Waals surface area contributed by atoms with Gasteiger partial charge in [-0.15, -0.1) is 0 Å². The Morgan fingerprint density at radius 1 is 1.19 bits per heavy atom. The number of benzene rings is 2. The van der Waals surface area contributed by atoms with Crippen LogP contribution in [0.15, 0.2) is 53.1 Å². The number of hydrogen-bond acceptors (Lipinski definition) is 7. The Morgan fingerprint density at radius 2 is 1.94 bits per heavy atom. The number of aryl methyl sites for hydroxylation is 1. The number of carbonyl (C=O) groups is 1. The summed E-state index contributed by atoms with van der Waals surface area (Å²) >= 11 is 0. The molecule has 2 heterocycles. The van der Waals surface area contributed by atoms with Crippen LogP contribution in [0.3, 0.4) is 0 Å². The van der Waals surface area contributed by atoms with Crippen molar-refractivity contribution in [2.45, 2.75) is 26.5 Å². The van der Waals surface area contributed by atoms with Crippen LogP contribution in [-0.2, 0) is 21.4 Å². The third-order valence-corrected chi connectivity index (χ3v) is 6.67. The van der Waals surface area contributed by atoms with Crippen LogP contribution in [0, 0.1) is 6.92 Å². The molecule has 0 radical (unpaired) electrons. The molecule has 0 spiro atoms. The Kier molecular flexibility index (Phi) is 5.64. The molecule has 4 rings (SSSR count). The van der Waals surface area contributed by atoms with Crippen LogP contribution in [0.25, 0.3) is 11.4 Å². The number of sulfonamides is 1. The van der Waals surface area contributed by atoms with Crippen LogP contribution in [0.1, 0.15) is 18.4 Å². The molecular formula is C21H22N4O5S. The number of nitrogens with one attached hydrogen (secondary N) is 1. The van der Waals surface area contributed by atoms with Gasteiger partial charge in [-0.25, -0.2) is 8.42 Å². The number of hydrogen-bond donors (Lipinski definition) is 1. The SMILES string of the molecule is CCS(=O)(=O)N1CC(C(=O)NCc2nc(-c3ccc(C)cc3)no2)Oc2ccccc21. The van der Waals surface area contributed by atoms with Gasteiger partial charge in [0.15, 0.2) is 6.10 Å². The van der Waals surface area contributed by atoms with Crippen molar-refractivity contribution >= 4 is 21.6 Å². The molecule has 1 aliphatic heterocycles. The van der Waals surface area contributed by atoms with Crippen molar-refractivity contribution < 1.29 is 22.5 Å². The zero-order valence-electron chi connectivity index (χ0n) is 17.1. The minimum Gasteiger partial charge on any atom is -0.476 e. The standard InChI is InChI=1S/C21H22N4O5S/c1-3-31(27,28)25-13-18(29-17-7-5-4-6-16(17)25)21(26)22-12-19-23-20(24-30-19)15-10-8-14(2)9-11-15/h4-11,18H,3,12-13H2,1-2H3,(H,22,26).